The van der Waals surface area contributed by atoms with Crippen LogP contribution in [0.15, 0.2) is 24.3 Å². The lowest BCUT2D eigenvalue weighted by molar-refractivity contribution is -0.138. The van der Waals surface area contributed by atoms with Gasteiger partial charge in [0, 0.05) is 5.92 Å². The van der Waals surface area contributed by atoms with Crippen molar-refractivity contribution in [1.29, 1.82) is 0 Å². The summed E-state index contributed by atoms with van der Waals surface area (Å²) in [5.41, 5.74) is -1.34. The average molecular weight is 213 g/mol. The van der Waals surface area contributed by atoms with Gasteiger partial charge < -0.3 is 5.11 Å². The van der Waals surface area contributed by atoms with E-state index in [2.05, 4.69) is 6.08 Å². The molecule has 0 aliphatic heterocycles. The number of halogens is 1. The molecule has 2 aliphatic carbocycles. The first-order valence-corrected chi connectivity index (χ1v) is 5.38. The summed E-state index contributed by atoms with van der Waals surface area (Å²) in [6.07, 6.45) is 9.12. The molecule has 2 nitrogen and oxygen atoms in total. The molecule has 0 saturated carbocycles. The molecule has 2 rings (SSSR count). The third kappa shape index (κ3) is 1.33. The van der Waals surface area contributed by atoms with Crippen LogP contribution in [0.4, 0.5) is 0 Å². The molecular formula is C11H13ClO2. The average Bonchev–Trinajstić information content (AvgIpc) is 2.24. The first-order chi connectivity index (χ1) is 6.68. The zero-order valence-electron chi connectivity index (χ0n) is 7.82. The van der Waals surface area contributed by atoms with Crippen molar-refractivity contribution in [1.82, 2.24) is 0 Å². The van der Waals surface area contributed by atoms with Gasteiger partial charge in [0.05, 0.1) is 5.88 Å². The SMILES string of the molecule is O=C1C=CC2CC=CCC2C1(O)CCl. The van der Waals surface area contributed by atoms with Crippen molar-refractivity contribution >= 4 is 17.4 Å². The zero-order chi connectivity index (χ0) is 10.2. The third-order valence-corrected chi connectivity index (χ3v) is 3.63. The number of hydrogen-bond acceptors (Lipinski definition) is 2. The molecule has 14 heavy (non-hydrogen) atoms. The number of carbonyl (C=O) groups is 1. The van der Waals surface area contributed by atoms with Gasteiger partial charge in [0.1, 0.15) is 5.60 Å². The van der Waals surface area contributed by atoms with Gasteiger partial charge in [0.15, 0.2) is 5.78 Å². The predicted molar refractivity (Wildman–Crippen MR) is 55.2 cm³/mol. The number of fused-ring (bicyclic) bond motifs is 1. The highest BCUT2D eigenvalue weighted by atomic mass is 35.5. The Kier molecular flexibility index (Phi) is 2.50. The molecule has 0 radical (unpaired) electrons. The fourth-order valence-electron chi connectivity index (χ4n) is 2.30. The number of hydrogen-bond donors (Lipinski definition) is 1. The summed E-state index contributed by atoms with van der Waals surface area (Å²) >= 11 is 5.71. The molecule has 0 aromatic heterocycles. The third-order valence-electron chi connectivity index (χ3n) is 3.22. The largest absolute Gasteiger partial charge is 0.380 e. The normalized spacial score (nSPS) is 41.1. The summed E-state index contributed by atoms with van der Waals surface area (Å²) in [5.74, 6) is -0.0291. The predicted octanol–water partition coefficient (Wildman–Crippen LogP) is 1.68. The summed E-state index contributed by atoms with van der Waals surface area (Å²) in [5, 5.41) is 10.2. The smallest absolute Gasteiger partial charge is 0.188 e. The highest BCUT2D eigenvalue weighted by Crippen LogP contribution is 2.39. The lowest BCUT2D eigenvalue weighted by Gasteiger charge is -2.40. The molecule has 0 saturated heterocycles. The van der Waals surface area contributed by atoms with Gasteiger partial charge in [-0.15, -0.1) is 11.6 Å². The molecule has 0 amide bonds. The molecule has 1 N–H and O–H groups in total. The standard InChI is InChI=1S/C11H13ClO2/c12-7-11(14)9-4-2-1-3-8(9)5-6-10(11)13/h1-2,5-6,8-9,14H,3-4,7H2. The maximum Gasteiger partial charge on any atom is 0.188 e. The number of aliphatic hydroxyl groups is 1. The summed E-state index contributed by atoms with van der Waals surface area (Å²) in [4.78, 5) is 11.6. The fraction of sp³-hybridized carbons (Fsp3) is 0.545. The quantitative estimate of drug-likeness (QED) is 0.531. The molecule has 3 unspecified atom stereocenters. The summed E-state index contributed by atoms with van der Waals surface area (Å²) in [6, 6.07) is 0. The van der Waals surface area contributed by atoms with E-state index in [0.29, 0.717) is 0 Å². The van der Waals surface area contributed by atoms with Crippen LogP contribution in [-0.2, 0) is 4.79 Å². The van der Waals surface area contributed by atoms with E-state index in [9.17, 15) is 9.90 Å². The highest BCUT2D eigenvalue weighted by Gasteiger charge is 2.47. The second kappa shape index (κ2) is 3.52. The van der Waals surface area contributed by atoms with Crippen molar-refractivity contribution in [3.05, 3.63) is 24.3 Å². The van der Waals surface area contributed by atoms with Crippen molar-refractivity contribution in [2.24, 2.45) is 11.8 Å². The van der Waals surface area contributed by atoms with Crippen LogP contribution in [-0.4, -0.2) is 22.4 Å². The van der Waals surface area contributed by atoms with Crippen molar-refractivity contribution in [2.45, 2.75) is 18.4 Å². The van der Waals surface area contributed by atoms with E-state index < -0.39 is 5.60 Å². The maximum absolute atomic E-state index is 11.6. The van der Waals surface area contributed by atoms with Crippen LogP contribution in [0.3, 0.4) is 0 Å². The Bertz CT molecular complexity index is 308. The van der Waals surface area contributed by atoms with Gasteiger partial charge in [-0.2, -0.15) is 0 Å². The molecule has 0 heterocycles. The number of carbonyl (C=O) groups excluding carboxylic acids is 1. The summed E-state index contributed by atoms with van der Waals surface area (Å²) in [6.45, 7) is 0. The number of rotatable bonds is 1. The number of alkyl halides is 1. The second-order valence-corrected chi connectivity index (χ2v) is 4.26. The van der Waals surface area contributed by atoms with Crippen molar-refractivity contribution < 1.29 is 9.90 Å². The van der Waals surface area contributed by atoms with Crippen LogP contribution in [0, 0.1) is 11.8 Å². The monoisotopic (exact) mass is 212 g/mol. The van der Waals surface area contributed by atoms with Crippen LogP contribution in [0.2, 0.25) is 0 Å². The summed E-state index contributed by atoms with van der Waals surface area (Å²) < 4.78 is 0. The highest BCUT2D eigenvalue weighted by molar-refractivity contribution is 6.21. The molecular weight excluding hydrogens is 200 g/mol. The van der Waals surface area contributed by atoms with Gasteiger partial charge in [-0.05, 0) is 24.8 Å². The topological polar surface area (TPSA) is 37.3 Å². The lowest BCUT2D eigenvalue weighted by Crippen LogP contribution is -2.52. The molecule has 0 aromatic rings. The minimum atomic E-state index is -1.34. The van der Waals surface area contributed by atoms with E-state index >= 15 is 0 Å². The number of allylic oxidation sites excluding steroid dienone is 3. The van der Waals surface area contributed by atoms with Gasteiger partial charge in [-0.3, -0.25) is 4.79 Å². The maximum atomic E-state index is 11.6. The van der Waals surface area contributed by atoms with Crippen molar-refractivity contribution in [3.63, 3.8) is 0 Å². The lowest BCUT2D eigenvalue weighted by atomic mass is 9.68. The molecule has 0 aromatic carbocycles. The Balaban J connectivity index is 2.36. The van der Waals surface area contributed by atoms with E-state index in [1.54, 1.807) is 0 Å². The fourth-order valence-corrected chi connectivity index (χ4v) is 2.63. The summed E-state index contributed by atoms with van der Waals surface area (Å²) in [7, 11) is 0. The Morgan fingerprint density at radius 1 is 1.50 bits per heavy atom. The van der Waals surface area contributed by atoms with Crippen LogP contribution in [0.5, 0.6) is 0 Å². The Labute approximate surface area is 88.3 Å². The zero-order valence-corrected chi connectivity index (χ0v) is 8.57. The molecule has 0 fully saturated rings. The van der Waals surface area contributed by atoms with Crippen LogP contribution >= 0.6 is 11.6 Å². The molecule has 76 valence electrons. The molecule has 3 atom stereocenters. The van der Waals surface area contributed by atoms with Crippen LogP contribution in [0.25, 0.3) is 0 Å². The minimum absolute atomic E-state index is 0.00875. The van der Waals surface area contributed by atoms with Gasteiger partial charge in [0.25, 0.3) is 0 Å². The molecule has 0 spiro atoms. The van der Waals surface area contributed by atoms with Gasteiger partial charge in [0.2, 0.25) is 0 Å². The Morgan fingerprint density at radius 3 is 2.93 bits per heavy atom. The number of ketones is 1. The van der Waals surface area contributed by atoms with E-state index in [1.165, 1.54) is 6.08 Å². The van der Waals surface area contributed by atoms with Crippen LogP contribution < -0.4 is 0 Å². The first-order valence-electron chi connectivity index (χ1n) is 4.84. The minimum Gasteiger partial charge on any atom is -0.380 e. The van der Waals surface area contributed by atoms with E-state index in [-0.39, 0.29) is 23.5 Å². The Hall–Kier alpha value is -0.600. The van der Waals surface area contributed by atoms with Crippen molar-refractivity contribution in [3.8, 4) is 0 Å². The second-order valence-electron chi connectivity index (χ2n) is 3.99. The van der Waals surface area contributed by atoms with Gasteiger partial charge >= 0.3 is 0 Å². The van der Waals surface area contributed by atoms with Crippen LogP contribution in [0.1, 0.15) is 12.8 Å². The van der Waals surface area contributed by atoms with E-state index in [0.717, 1.165) is 12.8 Å². The van der Waals surface area contributed by atoms with E-state index in [1.807, 2.05) is 12.2 Å². The first kappa shape index (κ1) is 9.94. The van der Waals surface area contributed by atoms with Crippen molar-refractivity contribution in [2.75, 3.05) is 5.88 Å². The van der Waals surface area contributed by atoms with Gasteiger partial charge in [-0.1, -0.05) is 18.2 Å². The van der Waals surface area contributed by atoms with E-state index in [4.69, 9.17) is 11.6 Å². The molecule has 0 bridgehead atoms. The Morgan fingerprint density at radius 2 is 2.21 bits per heavy atom. The molecule has 3 heteroatoms. The molecule has 2 aliphatic rings. The van der Waals surface area contributed by atoms with Gasteiger partial charge in [-0.25, -0.2) is 0 Å².